The minimum absolute atomic E-state index is 0.131. The molecule has 130 valence electrons. The van der Waals surface area contributed by atoms with E-state index in [1.165, 1.54) is 5.56 Å². The standard InChI is InChI=1S/C21H19N3OS/c1-13-8-9-24-18(11-13)22-19(17-5-4-10-26-17)20(24)23-21(25)16-7-6-14(2)15(3)12-16/h4-12H,1-3H3,(H,23,25). The molecule has 3 heterocycles. The van der Waals surface area contributed by atoms with Crippen LogP contribution in [0.2, 0.25) is 0 Å². The first-order chi connectivity index (χ1) is 12.5. The lowest BCUT2D eigenvalue weighted by atomic mass is 10.1. The maximum Gasteiger partial charge on any atom is 0.256 e. The van der Waals surface area contributed by atoms with Gasteiger partial charge in [-0.3, -0.25) is 9.20 Å². The second kappa shape index (κ2) is 6.42. The first-order valence-corrected chi connectivity index (χ1v) is 9.32. The van der Waals surface area contributed by atoms with Gasteiger partial charge in [-0.25, -0.2) is 4.98 Å². The van der Waals surface area contributed by atoms with Gasteiger partial charge in [0.05, 0.1) is 4.88 Å². The zero-order valence-electron chi connectivity index (χ0n) is 14.9. The minimum Gasteiger partial charge on any atom is -0.306 e. The van der Waals surface area contributed by atoms with Gasteiger partial charge in [-0.05, 0) is 73.2 Å². The average molecular weight is 361 g/mol. The molecule has 0 saturated carbocycles. The predicted molar refractivity (Wildman–Crippen MR) is 107 cm³/mol. The number of aryl methyl sites for hydroxylation is 3. The molecule has 0 fully saturated rings. The molecule has 0 bridgehead atoms. The number of aromatic nitrogens is 2. The molecule has 0 unspecified atom stereocenters. The number of carbonyl (C=O) groups excluding carboxylic acids is 1. The summed E-state index contributed by atoms with van der Waals surface area (Å²) >= 11 is 1.61. The second-order valence-corrected chi connectivity index (χ2v) is 7.42. The number of nitrogens with one attached hydrogen (secondary N) is 1. The summed E-state index contributed by atoms with van der Waals surface area (Å²) in [7, 11) is 0. The molecule has 1 N–H and O–H groups in total. The van der Waals surface area contributed by atoms with E-state index in [9.17, 15) is 4.79 Å². The molecule has 4 aromatic rings. The van der Waals surface area contributed by atoms with Crippen molar-refractivity contribution < 1.29 is 4.79 Å². The van der Waals surface area contributed by atoms with E-state index < -0.39 is 0 Å². The topological polar surface area (TPSA) is 46.4 Å². The van der Waals surface area contributed by atoms with E-state index in [0.29, 0.717) is 11.4 Å². The largest absolute Gasteiger partial charge is 0.306 e. The maximum absolute atomic E-state index is 12.9. The zero-order valence-corrected chi connectivity index (χ0v) is 15.7. The van der Waals surface area contributed by atoms with Gasteiger partial charge in [0.1, 0.15) is 17.2 Å². The fourth-order valence-corrected chi connectivity index (χ4v) is 3.63. The van der Waals surface area contributed by atoms with Crippen LogP contribution in [-0.4, -0.2) is 15.3 Å². The molecule has 0 saturated heterocycles. The fourth-order valence-electron chi connectivity index (χ4n) is 2.91. The Morgan fingerprint density at radius 1 is 1.08 bits per heavy atom. The van der Waals surface area contributed by atoms with Crippen molar-refractivity contribution in [3.63, 3.8) is 0 Å². The number of amides is 1. The summed E-state index contributed by atoms with van der Waals surface area (Å²) < 4.78 is 1.93. The quantitative estimate of drug-likeness (QED) is 0.542. The van der Waals surface area contributed by atoms with Crippen molar-refractivity contribution in [2.45, 2.75) is 20.8 Å². The van der Waals surface area contributed by atoms with E-state index in [2.05, 4.69) is 5.32 Å². The monoisotopic (exact) mass is 361 g/mol. The van der Waals surface area contributed by atoms with E-state index in [1.807, 2.05) is 79.2 Å². The Labute approximate surface area is 156 Å². The minimum atomic E-state index is -0.131. The Morgan fingerprint density at radius 2 is 1.92 bits per heavy atom. The van der Waals surface area contributed by atoms with Crippen molar-refractivity contribution in [3.05, 3.63) is 76.3 Å². The highest BCUT2D eigenvalue weighted by atomic mass is 32.1. The van der Waals surface area contributed by atoms with Crippen LogP contribution >= 0.6 is 11.3 Å². The van der Waals surface area contributed by atoms with Crippen LogP contribution in [-0.2, 0) is 0 Å². The maximum atomic E-state index is 12.9. The van der Waals surface area contributed by atoms with Crippen molar-refractivity contribution >= 4 is 28.7 Å². The van der Waals surface area contributed by atoms with Crippen LogP contribution in [0.3, 0.4) is 0 Å². The van der Waals surface area contributed by atoms with Gasteiger partial charge in [0.2, 0.25) is 0 Å². The molecule has 4 nitrogen and oxygen atoms in total. The highest BCUT2D eigenvalue weighted by Gasteiger charge is 2.18. The summed E-state index contributed by atoms with van der Waals surface area (Å²) in [4.78, 5) is 18.6. The molecule has 0 radical (unpaired) electrons. The van der Waals surface area contributed by atoms with Crippen molar-refractivity contribution in [2.75, 3.05) is 5.32 Å². The predicted octanol–water partition coefficient (Wildman–Crippen LogP) is 5.24. The average Bonchev–Trinajstić information content (AvgIpc) is 3.25. The molecule has 0 atom stereocenters. The number of fused-ring (bicyclic) bond motifs is 1. The number of benzene rings is 1. The summed E-state index contributed by atoms with van der Waals surface area (Å²) in [6.07, 6.45) is 1.95. The van der Waals surface area contributed by atoms with E-state index >= 15 is 0 Å². The van der Waals surface area contributed by atoms with Gasteiger partial charge < -0.3 is 5.32 Å². The molecule has 26 heavy (non-hydrogen) atoms. The van der Waals surface area contributed by atoms with E-state index in [1.54, 1.807) is 11.3 Å². The van der Waals surface area contributed by atoms with Crippen LogP contribution in [0.1, 0.15) is 27.0 Å². The molecular formula is C21H19N3OS. The van der Waals surface area contributed by atoms with Gasteiger partial charge >= 0.3 is 0 Å². The first kappa shape index (κ1) is 16.5. The molecule has 4 rings (SSSR count). The lowest BCUT2D eigenvalue weighted by molar-refractivity contribution is 0.102. The molecule has 5 heteroatoms. The van der Waals surface area contributed by atoms with Crippen molar-refractivity contribution in [1.82, 2.24) is 9.38 Å². The second-order valence-electron chi connectivity index (χ2n) is 6.47. The highest BCUT2D eigenvalue weighted by molar-refractivity contribution is 7.13. The van der Waals surface area contributed by atoms with Gasteiger partial charge in [-0.2, -0.15) is 0 Å². The number of pyridine rings is 1. The Balaban J connectivity index is 1.80. The highest BCUT2D eigenvalue weighted by Crippen LogP contribution is 2.32. The Kier molecular flexibility index (Phi) is 4.09. The Hall–Kier alpha value is -2.92. The third kappa shape index (κ3) is 2.91. The zero-order chi connectivity index (χ0) is 18.3. The molecular weight excluding hydrogens is 342 g/mol. The van der Waals surface area contributed by atoms with Crippen molar-refractivity contribution in [2.24, 2.45) is 0 Å². The molecule has 0 spiro atoms. The summed E-state index contributed by atoms with van der Waals surface area (Å²) in [5.41, 5.74) is 5.67. The van der Waals surface area contributed by atoms with Gasteiger partial charge in [0.25, 0.3) is 5.91 Å². The number of rotatable bonds is 3. The van der Waals surface area contributed by atoms with Crippen molar-refractivity contribution in [3.8, 4) is 10.6 Å². The summed E-state index contributed by atoms with van der Waals surface area (Å²) in [6.45, 7) is 6.09. The van der Waals surface area contributed by atoms with Gasteiger partial charge in [-0.15, -0.1) is 11.3 Å². The van der Waals surface area contributed by atoms with Gasteiger partial charge in [-0.1, -0.05) is 12.1 Å². The number of hydrogen-bond acceptors (Lipinski definition) is 3. The van der Waals surface area contributed by atoms with E-state index in [4.69, 9.17) is 4.98 Å². The summed E-state index contributed by atoms with van der Waals surface area (Å²) in [5.74, 6) is 0.568. The Morgan fingerprint density at radius 3 is 2.65 bits per heavy atom. The third-order valence-electron chi connectivity index (χ3n) is 4.54. The number of nitrogens with zero attached hydrogens (tertiary/aromatic N) is 2. The molecule has 3 aromatic heterocycles. The van der Waals surface area contributed by atoms with Gasteiger partial charge in [0, 0.05) is 11.8 Å². The lowest BCUT2D eigenvalue weighted by Gasteiger charge is -2.09. The van der Waals surface area contributed by atoms with Crippen molar-refractivity contribution in [1.29, 1.82) is 0 Å². The van der Waals surface area contributed by atoms with E-state index in [-0.39, 0.29) is 5.91 Å². The molecule has 0 aliphatic carbocycles. The van der Waals surface area contributed by atoms with Gasteiger partial charge in [0.15, 0.2) is 0 Å². The molecule has 0 aliphatic rings. The number of carbonyl (C=O) groups is 1. The van der Waals surface area contributed by atoms with Crippen LogP contribution < -0.4 is 5.32 Å². The van der Waals surface area contributed by atoms with E-state index in [0.717, 1.165) is 27.3 Å². The fraction of sp³-hybridized carbons (Fsp3) is 0.143. The number of imidazole rings is 1. The van der Waals surface area contributed by atoms with Crippen LogP contribution in [0.25, 0.3) is 16.2 Å². The Bertz CT molecular complexity index is 1110. The summed E-state index contributed by atoms with van der Waals surface area (Å²) in [6, 6.07) is 13.8. The smallest absolute Gasteiger partial charge is 0.256 e. The number of anilines is 1. The molecule has 1 amide bonds. The van der Waals surface area contributed by atoms with Crippen LogP contribution in [0.5, 0.6) is 0 Å². The molecule has 1 aromatic carbocycles. The molecule has 0 aliphatic heterocycles. The summed E-state index contributed by atoms with van der Waals surface area (Å²) in [5, 5.41) is 5.09. The SMILES string of the molecule is Cc1ccn2c(NC(=O)c3ccc(C)c(C)c3)c(-c3cccs3)nc2c1. The lowest BCUT2D eigenvalue weighted by Crippen LogP contribution is -2.14. The number of thiophene rings is 1. The normalized spacial score (nSPS) is 11.0. The van der Waals surface area contributed by atoms with Crippen LogP contribution in [0, 0.1) is 20.8 Å². The first-order valence-electron chi connectivity index (χ1n) is 8.44. The number of hydrogen-bond donors (Lipinski definition) is 1. The van der Waals surface area contributed by atoms with Crippen LogP contribution in [0.4, 0.5) is 5.82 Å². The third-order valence-corrected chi connectivity index (χ3v) is 5.41. The van der Waals surface area contributed by atoms with Crippen LogP contribution in [0.15, 0.2) is 54.0 Å².